The van der Waals surface area contributed by atoms with Gasteiger partial charge in [-0.3, -0.25) is 4.79 Å². The summed E-state index contributed by atoms with van der Waals surface area (Å²) in [5.74, 6) is -0.233. The molecule has 0 heterocycles. The van der Waals surface area contributed by atoms with Crippen LogP contribution < -0.4 is 5.32 Å². The summed E-state index contributed by atoms with van der Waals surface area (Å²) < 4.78 is 0. The van der Waals surface area contributed by atoms with Crippen molar-refractivity contribution in [3.8, 4) is 6.07 Å². The fourth-order valence-electron chi connectivity index (χ4n) is 1.47. The number of nitrogens with zero attached hydrogens (tertiary/aromatic N) is 1. The largest absolute Gasteiger partial charge is 0.396 e. The second-order valence-electron chi connectivity index (χ2n) is 3.95. The van der Waals surface area contributed by atoms with E-state index in [1.165, 1.54) is 6.08 Å². The molecule has 1 aromatic carbocycles. The summed E-state index contributed by atoms with van der Waals surface area (Å²) in [4.78, 5) is 11.5. The molecule has 1 atom stereocenters. The zero-order valence-electron chi connectivity index (χ0n) is 10.3. The van der Waals surface area contributed by atoms with Gasteiger partial charge in [-0.05, 0) is 31.1 Å². The van der Waals surface area contributed by atoms with Crippen LogP contribution in [0.3, 0.4) is 0 Å². The quantitative estimate of drug-likeness (QED) is 0.770. The number of rotatable bonds is 5. The summed E-state index contributed by atoms with van der Waals surface area (Å²) in [5.41, 5.74) is 1.25. The van der Waals surface area contributed by atoms with Crippen molar-refractivity contribution in [3.05, 3.63) is 41.5 Å². The van der Waals surface area contributed by atoms with Crippen LogP contribution in [0.5, 0.6) is 0 Å². The average molecular weight is 244 g/mol. The maximum atomic E-state index is 11.5. The first-order chi connectivity index (χ1) is 8.67. The number of aliphatic hydroxyl groups is 1. The van der Waals surface area contributed by atoms with Gasteiger partial charge in [-0.2, -0.15) is 5.26 Å². The molecule has 1 unspecified atom stereocenters. The van der Waals surface area contributed by atoms with Crippen LogP contribution in [0.2, 0.25) is 0 Å². The molecule has 0 aromatic heterocycles. The molecule has 4 nitrogen and oxygen atoms in total. The first kappa shape index (κ1) is 13.9. The Kier molecular flexibility index (Phi) is 5.62. The van der Waals surface area contributed by atoms with Gasteiger partial charge in [-0.25, -0.2) is 0 Å². The van der Waals surface area contributed by atoms with Gasteiger partial charge < -0.3 is 10.4 Å². The zero-order chi connectivity index (χ0) is 13.4. The summed E-state index contributed by atoms with van der Waals surface area (Å²) in [6, 6.07) is 9.06. The molecule has 18 heavy (non-hydrogen) atoms. The molecule has 0 aliphatic heterocycles. The minimum Gasteiger partial charge on any atom is -0.396 e. The van der Waals surface area contributed by atoms with Crippen LogP contribution in [0, 0.1) is 11.3 Å². The van der Waals surface area contributed by atoms with Crippen molar-refractivity contribution in [2.45, 2.75) is 19.4 Å². The molecular formula is C14H16N2O2. The van der Waals surface area contributed by atoms with E-state index in [-0.39, 0.29) is 18.6 Å². The molecule has 4 heteroatoms. The van der Waals surface area contributed by atoms with Crippen LogP contribution >= 0.6 is 0 Å². The maximum Gasteiger partial charge on any atom is 0.244 e. The van der Waals surface area contributed by atoms with Crippen molar-refractivity contribution >= 4 is 12.0 Å². The van der Waals surface area contributed by atoms with Crippen molar-refractivity contribution in [2.75, 3.05) is 6.61 Å². The van der Waals surface area contributed by atoms with E-state index in [0.29, 0.717) is 17.5 Å². The van der Waals surface area contributed by atoms with Gasteiger partial charge in [0.1, 0.15) is 0 Å². The SMILES string of the molecule is CC(CCO)NC(=O)C=Cc1ccccc1C#N. The minimum atomic E-state index is -0.233. The second kappa shape index (κ2) is 7.25. The second-order valence-corrected chi connectivity index (χ2v) is 3.95. The van der Waals surface area contributed by atoms with Crippen molar-refractivity contribution in [3.63, 3.8) is 0 Å². The minimum absolute atomic E-state index is 0.0441. The summed E-state index contributed by atoms with van der Waals surface area (Å²) in [6.45, 7) is 1.87. The van der Waals surface area contributed by atoms with E-state index in [0.717, 1.165) is 0 Å². The molecule has 0 aliphatic carbocycles. The summed E-state index contributed by atoms with van der Waals surface area (Å²) in [5, 5.41) is 20.3. The van der Waals surface area contributed by atoms with Gasteiger partial charge in [0.2, 0.25) is 5.91 Å². The van der Waals surface area contributed by atoms with Gasteiger partial charge >= 0.3 is 0 Å². The van der Waals surface area contributed by atoms with Gasteiger partial charge in [0.25, 0.3) is 0 Å². The first-order valence-corrected chi connectivity index (χ1v) is 5.76. The number of amides is 1. The number of hydrogen-bond donors (Lipinski definition) is 2. The Hall–Kier alpha value is -2.12. The van der Waals surface area contributed by atoms with Gasteiger partial charge in [0, 0.05) is 18.7 Å². The summed E-state index contributed by atoms with van der Waals surface area (Å²) in [6.07, 6.45) is 3.53. The zero-order valence-corrected chi connectivity index (χ0v) is 10.3. The number of aliphatic hydroxyl groups excluding tert-OH is 1. The molecule has 2 N–H and O–H groups in total. The Bertz CT molecular complexity index is 475. The fourth-order valence-corrected chi connectivity index (χ4v) is 1.47. The first-order valence-electron chi connectivity index (χ1n) is 5.76. The Balaban J connectivity index is 2.64. The number of benzene rings is 1. The molecule has 0 spiro atoms. The monoisotopic (exact) mass is 244 g/mol. The third kappa shape index (κ3) is 4.40. The van der Waals surface area contributed by atoms with Crippen molar-refractivity contribution < 1.29 is 9.90 Å². The summed E-state index contributed by atoms with van der Waals surface area (Å²) >= 11 is 0. The third-order valence-corrected chi connectivity index (χ3v) is 2.45. The van der Waals surface area contributed by atoms with Crippen molar-refractivity contribution in [1.82, 2.24) is 5.32 Å². The van der Waals surface area contributed by atoms with Gasteiger partial charge in [0.05, 0.1) is 11.6 Å². The Labute approximate surface area is 107 Å². The molecule has 94 valence electrons. The highest BCUT2D eigenvalue weighted by atomic mass is 16.3. The third-order valence-electron chi connectivity index (χ3n) is 2.45. The van der Waals surface area contributed by atoms with Crippen LogP contribution in [-0.2, 0) is 4.79 Å². The van der Waals surface area contributed by atoms with Crippen LogP contribution in [0.15, 0.2) is 30.3 Å². The number of hydrogen-bond acceptors (Lipinski definition) is 3. The molecule has 0 radical (unpaired) electrons. The molecule has 0 saturated carbocycles. The predicted molar refractivity (Wildman–Crippen MR) is 69.5 cm³/mol. The molecule has 1 rings (SSSR count). The lowest BCUT2D eigenvalue weighted by molar-refractivity contribution is -0.117. The number of carbonyl (C=O) groups excluding carboxylic acids is 1. The van der Waals surface area contributed by atoms with Crippen LogP contribution in [0.1, 0.15) is 24.5 Å². The molecule has 0 fully saturated rings. The van der Waals surface area contributed by atoms with E-state index < -0.39 is 0 Å². The maximum absolute atomic E-state index is 11.5. The van der Waals surface area contributed by atoms with Crippen molar-refractivity contribution in [1.29, 1.82) is 5.26 Å². The van der Waals surface area contributed by atoms with E-state index in [1.54, 1.807) is 24.3 Å². The highest BCUT2D eigenvalue weighted by molar-refractivity contribution is 5.92. The van der Waals surface area contributed by atoms with Crippen molar-refractivity contribution in [2.24, 2.45) is 0 Å². The standard InChI is InChI=1S/C14H16N2O2/c1-11(8-9-17)16-14(18)7-6-12-4-2-3-5-13(12)10-15/h2-7,11,17H,8-9H2,1H3,(H,16,18). The molecule has 0 bridgehead atoms. The lowest BCUT2D eigenvalue weighted by Crippen LogP contribution is -2.31. The van der Waals surface area contributed by atoms with Gasteiger partial charge in [0.15, 0.2) is 0 Å². The van der Waals surface area contributed by atoms with E-state index in [9.17, 15) is 4.79 Å². The highest BCUT2D eigenvalue weighted by Crippen LogP contribution is 2.08. The normalized spacial score (nSPS) is 12.1. The van der Waals surface area contributed by atoms with E-state index in [1.807, 2.05) is 13.0 Å². The molecule has 1 amide bonds. The van der Waals surface area contributed by atoms with Gasteiger partial charge in [-0.1, -0.05) is 18.2 Å². The molecule has 0 saturated heterocycles. The molecule has 1 aromatic rings. The lowest BCUT2D eigenvalue weighted by Gasteiger charge is -2.09. The van der Waals surface area contributed by atoms with Gasteiger partial charge in [-0.15, -0.1) is 0 Å². The van der Waals surface area contributed by atoms with Crippen LogP contribution in [-0.4, -0.2) is 23.7 Å². The topological polar surface area (TPSA) is 73.1 Å². The van der Waals surface area contributed by atoms with E-state index in [4.69, 9.17) is 10.4 Å². The average Bonchev–Trinajstić information content (AvgIpc) is 2.37. The predicted octanol–water partition coefficient (Wildman–Crippen LogP) is 1.46. The highest BCUT2D eigenvalue weighted by Gasteiger charge is 2.03. The summed E-state index contributed by atoms with van der Waals surface area (Å²) in [7, 11) is 0. The van der Waals surface area contributed by atoms with E-state index in [2.05, 4.69) is 11.4 Å². The number of nitrogens with one attached hydrogen (secondary N) is 1. The Morgan fingerprint density at radius 2 is 2.28 bits per heavy atom. The number of carbonyl (C=O) groups is 1. The van der Waals surface area contributed by atoms with Crippen LogP contribution in [0.4, 0.5) is 0 Å². The van der Waals surface area contributed by atoms with E-state index >= 15 is 0 Å². The Morgan fingerprint density at radius 1 is 1.56 bits per heavy atom. The smallest absolute Gasteiger partial charge is 0.244 e. The number of nitriles is 1. The lowest BCUT2D eigenvalue weighted by atomic mass is 10.1. The molecule has 0 aliphatic rings. The van der Waals surface area contributed by atoms with Crippen LogP contribution in [0.25, 0.3) is 6.08 Å². The Morgan fingerprint density at radius 3 is 2.94 bits per heavy atom. The fraction of sp³-hybridized carbons (Fsp3) is 0.286. The molecular weight excluding hydrogens is 228 g/mol.